The maximum Gasteiger partial charge on any atom is 0.246 e. The van der Waals surface area contributed by atoms with Gasteiger partial charge in [-0.25, -0.2) is 0 Å². The fraction of sp³-hybridized carbons (Fsp3) is 0.435. The first-order valence-electron chi connectivity index (χ1n) is 10.4. The van der Waals surface area contributed by atoms with E-state index in [-0.39, 0.29) is 35.5 Å². The van der Waals surface area contributed by atoms with Crippen LogP contribution in [0.1, 0.15) is 46.1 Å². The predicted molar refractivity (Wildman–Crippen MR) is 127 cm³/mol. The van der Waals surface area contributed by atoms with Gasteiger partial charge in [-0.05, 0) is 25.0 Å². The first-order valence-corrected chi connectivity index (χ1v) is 11.3. The first kappa shape index (κ1) is 25.3. The number of para-hydroxylation sites is 1. The van der Waals surface area contributed by atoms with E-state index in [1.165, 1.54) is 6.92 Å². The van der Waals surface area contributed by atoms with E-state index >= 15 is 0 Å². The van der Waals surface area contributed by atoms with Crippen LogP contribution in [-0.4, -0.2) is 50.7 Å². The molecule has 0 aliphatic rings. The Morgan fingerprint density at radius 2 is 1.91 bits per heavy atom. The summed E-state index contributed by atoms with van der Waals surface area (Å²) < 4.78 is 0. The summed E-state index contributed by atoms with van der Waals surface area (Å²) in [5.74, 6) is -1.31. The van der Waals surface area contributed by atoms with Crippen LogP contribution in [0.3, 0.4) is 0 Å². The van der Waals surface area contributed by atoms with Crippen LogP contribution in [-0.2, 0) is 25.6 Å². The molecule has 0 saturated heterocycles. The molecule has 0 bridgehead atoms. The minimum atomic E-state index is -1.32. The topological polar surface area (TPSA) is 132 Å². The number of thioether (sulfide) groups is 1. The van der Waals surface area contributed by atoms with Crippen molar-refractivity contribution in [3.8, 4) is 0 Å². The van der Waals surface area contributed by atoms with Crippen molar-refractivity contribution in [1.82, 2.24) is 15.6 Å². The fourth-order valence-electron chi connectivity index (χ4n) is 3.47. The zero-order valence-electron chi connectivity index (χ0n) is 18.8. The van der Waals surface area contributed by atoms with Crippen molar-refractivity contribution in [2.45, 2.75) is 63.8 Å². The number of carbonyl (C=O) groups excluding carboxylic acids is 4. The van der Waals surface area contributed by atoms with Crippen LogP contribution in [0.2, 0.25) is 0 Å². The number of aromatic nitrogens is 1. The molecular weight excluding hydrogens is 428 g/mol. The molecule has 4 N–H and O–H groups in total. The van der Waals surface area contributed by atoms with Crippen LogP contribution in [0.5, 0.6) is 0 Å². The number of Topliss-reactive ketones (excluding diaryl/α,β-unsaturated/α-hetero) is 1. The van der Waals surface area contributed by atoms with Crippen molar-refractivity contribution in [1.29, 1.82) is 5.41 Å². The largest absolute Gasteiger partial charge is 0.361 e. The molecule has 0 aliphatic carbocycles. The van der Waals surface area contributed by atoms with Gasteiger partial charge in [0, 0.05) is 42.1 Å². The van der Waals surface area contributed by atoms with Gasteiger partial charge in [-0.1, -0.05) is 43.8 Å². The number of aromatic amines is 1. The lowest BCUT2D eigenvalue weighted by Gasteiger charge is -2.31. The molecule has 9 heteroatoms. The number of hydrogen-bond acceptors (Lipinski definition) is 6. The third-order valence-electron chi connectivity index (χ3n) is 4.95. The zero-order valence-corrected chi connectivity index (χ0v) is 19.6. The van der Waals surface area contributed by atoms with E-state index < -0.39 is 23.3 Å². The van der Waals surface area contributed by atoms with Gasteiger partial charge < -0.3 is 21.0 Å². The highest BCUT2D eigenvalue weighted by Gasteiger charge is 2.37. The van der Waals surface area contributed by atoms with Crippen LogP contribution in [0.15, 0.2) is 30.5 Å². The van der Waals surface area contributed by atoms with Gasteiger partial charge >= 0.3 is 0 Å². The van der Waals surface area contributed by atoms with Gasteiger partial charge in [0.25, 0.3) is 0 Å². The molecule has 0 saturated carbocycles. The Kier molecular flexibility index (Phi) is 8.77. The number of fused-ring (bicyclic) bond motifs is 1. The molecule has 8 nitrogen and oxygen atoms in total. The number of H-pyrrole nitrogens is 1. The van der Waals surface area contributed by atoms with Crippen LogP contribution >= 0.6 is 11.8 Å². The van der Waals surface area contributed by atoms with E-state index in [2.05, 4.69) is 15.6 Å². The average molecular weight is 459 g/mol. The molecule has 0 radical (unpaired) electrons. The summed E-state index contributed by atoms with van der Waals surface area (Å²) in [4.78, 5) is 52.8. The Balaban J connectivity index is 2.29. The van der Waals surface area contributed by atoms with E-state index in [1.807, 2.05) is 38.1 Å². The summed E-state index contributed by atoms with van der Waals surface area (Å²) in [5, 5.41) is 13.2. The summed E-state index contributed by atoms with van der Waals surface area (Å²) >= 11 is 1.08. The minimum absolute atomic E-state index is 0.00768. The van der Waals surface area contributed by atoms with Crippen LogP contribution < -0.4 is 10.6 Å². The Bertz CT molecular complexity index is 1020. The van der Waals surface area contributed by atoms with Crippen LogP contribution in [0.4, 0.5) is 0 Å². The normalized spacial score (nSPS) is 13.9. The SMILES string of the molecule is CC(=O)N[C@](C)(Cc1c[nH]c2ccccc12)C(=O)N[C@@H](CCC(=O)C=N)C(=O)SC(C)C. The van der Waals surface area contributed by atoms with Gasteiger partial charge in [0.1, 0.15) is 5.54 Å². The molecule has 2 aromatic rings. The van der Waals surface area contributed by atoms with Crippen molar-refractivity contribution in [3.05, 3.63) is 36.0 Å². The number of amides is 2. The molecule has 1 heterocycles. The van der Waals surface area contributed by atoms with Gasteiger partial charge in [0.05, 0.1) is 12.3 Å². The van der Waals surface area contributed by atoms with Crippen molar-refractivity contribution in [2.24, 2.45) is 0 Å². The summed E-state index contributed by atoms with van der Waals surface area (Å²) in [5.41, 5.74) is 0.452. The molecule has 0 fully saturated rings. The summed E-state index contributed by atoms with van der Waals surface area (Å²) in [6, 6.07) is 6.75. The van der Waals surface area contributed by atoms with E-state index in [0.717, 1.165) is 28.2 Å². The molecule has 172 valence electrons. The maximum atomic E-state index is 13.4. The molecule has 1 aromatic heterocycles. The number of nitrogens with one attached hydrogen (secondary N) is 4. The Labute approximate surface area is 191 Å². The fourth-order valence-corrected chi connectivity index (χ4v) is 4.27. The molecule has 2 atom stereocenters. The third kappa shape index (κ3) is 6.78. The third-order valence-corrected chi connectivity index (χ3v) is 5.94. The van der Waals surface area contributed by atoms with Gasteiger partial charge in [0.2, 0.25) is 16.9 Å². The molecular formula is C23H30N4O4S. The van der Waals surface area contributed by atoms with Crippen molar-refractivity contribution in [2.75, 3.05) is 0 Å². The lowest BCUT2D eigenvalue weighted by atomic mass is 9.90. The van der Waals surface area contributed by atoms with Crippen LogP contribution in [0, 0.1) is 5.41 Å². The number of rotatable bonds is 11. The number of benzene rings is 1. The molecule has 2 amide bonds. The van der Waals surface area contributed by atoms with E-state index in [9.17, 15) is 19.2 Å². The standard InChI is InChI=1S/C23H30N4O4S/c1-14(2)32-21(30)20(10-9-17(29)12-24)26-22(31)23(4,27-15(3)28)11-16-13-25-19-8-6-5-7-18(16)19/h5-8,12-14,20,24-25H,9-11H2,1-4H3,(H,26,31)(H,27,28)/t20-,23+/m0/s1. The molecule has 1 aromatic carbocycles. The molecule has 0 spiro atoms. The first-order chi connectivity index (χ1) is 15.1. The maximum absolute atomic E-state index is 13.4. The van der Waals surface area contributed by atoms with Crippen molar-refractivity contribution in [3.63, 3.8) is 0 Å². The number of ketones is 1. The van der Waals surface area contributed by atoms with Gasteiger partial charge in [-0.3, -0.25) is 19.2 Å². The van der Waals surface area contributed by atoms with E-state index in [1.54, 1.807) is 13.1 Å². The second kappa shape index (κ2) is 11.1. The van der Waals surface area contributed by atoms with Gasteiger partial charge in [-0.2, -0.15) is 0 Å². The second-order valence-electron chi connectivity index (χ2n) is 8.21. The highest BCUT2D eigenvalue weighted by Crippen LogP contribution is 2.24. The highest BCUT2D eigenvalue weighted by molar-refractivity contribution is 8.14. The Hall–Kier alpha value is -2.94. The summed E-state index contributed by atoms with van der Waals surface area (Å²) in [6.07, 6.45) is 2.77. The predicted octanol–water partition coefficient (Wildman–Crippen LogP) is 2.76. The van der Waals surface area contributed by atoms with Crippen molar-refractivity contribution < 1.29 is 19.2 Å². The Morgan fingerprint density at radius 1 is 1.22 bits per heavy atom. The number of hydrogen-bond donors (Lipinski definition) is 4. The summed E-state index contributed by atoms with van der Waals surface area (Å²) in [6.45, 7) is 6.68. The quantitative estimate of drug-likeness (QED) is 0.385. The molecule has 32 heavy (non-hydrogen) atoms. The van der Waals surface area contributed by atoms with E-state index in [4.69, 9.17) is 5.41 Å². The number of carbonyl (C=O) groups is 4. The van der Waals surface area contributed by atoms with Gasteiger partial charge in [-0.15, -0.1) is 0 Å². The second-order valence-corrected chi connectivity index (χ2v) is 9.79. The minimum Gasteiger partial charge on any atom is -0.361 e. The smallest absolute Gasteiger partial charge is 0.246 e. The van der Waals surface area contributed by atoms with Crippen molar-refractivity contribution >= 4 is 51.6 Å². The molecule has 2 rings (SSSR count). The highest BCUT2D eigenvalue weighted by atomic mass is 32.2. The zero-order chi connectivity index (χ0) is 23.9. The lowest BCUT2D eigenvalue weighted by Crippen LogP contribution is -2.60. The van der Waals surface area contributed by atoms with Crippen LogP contribution in [0.25, 0.3) is 10.9 Å². The average Bonchev–Trinajstić information content (AvgIpc) is 3.12. The lowest BCUT2D eigenvalue weighted by molar-refractivity contribution is -0.133. The molecule has 0 unspecified atom stereocenters. The Morgan fingerprint density at radius 3 is 2.53 bits per heavy atom. The molecule has 0 aliphatic heterocycles. The summed E-state index contributed by atoms with van der Waals surface area (Å²) in [7, 11) is 0. The van der Waals surface area contributed by atoms with Gasteiger partial charge in [0.15, 0.2) is 5.78 Å². The monoisotopic (exact) mass is 458 g/mol. The van der Waals surface area contributed by atoms with E-state index in [0.29, 0.717) is 6.21 Å².